The molecule has 1 heterocycles. The van der Waals surface area contributed by atoms with E-state index in [4.69, 9.17) is 4.74 Å². The largest absolute Gasteiger partial charge is 0.461 e. The number of rotatable bonds is 2. The number of carbonyl (C=O) groups excluding carboxylic acids is 1. The summed E-state index contributed by atoms with van der Waals surface area (Å²) < 4.78 is 7.51. The number of esters is 1. The summed E-state index contributed by atoms with van der Waals surface area (Å²) >= 11 is 7.31. The lowest BCUT2D eigenvalue weighted by Gasteiger charge is -2.36. The van der Waals surface area contributed by atoms with E-state index in [2.05, 4.69) is 36.8 Å². The highest BCUT2D eigenvalue weighted by molar-refractivity contribution is 9.14. The monoisotopic (exact) mass is 373 g/mol. The van der Waals surface area contributed by atoms with Crippen LogP contribution in [0.3, 0.4) is 0 Å². The van der Waals surface area contributed by atoms with Crippen LogP contribution in [0, 0.1) is 0 Å². The normalized spacial score (nSPS) is 25.3. The Morgan fingerprint density at radius 2 is 2.06 bits per heavy atom. The second kappa shape index (κ2) is 4.53. The summed E-state index contributed by atoms with van der Waals surface area (Å²) in [4.78, 5) is 15.0. The molecule has 2 atom stereocenters. The number of H-pyrrole nitrogens is 1. The van der Waals surface area contributed by atoms with Crippen molar-refractivity contribution in [2.24, 2.45) is 0 Å². The highest BCUT2D eigenvalue weighted by Crippen LogP contribution is 2.57. The first-order valence-corrected chi connectivity index (χ1v) is 7.67. The van der Waals surface area contributed by atoms with Gasteiger partial charge in [-0.1, -0.05) is 31.9 Å². The number of halogens is 2. The average molecular weight is 375 g/mol. The molecule has 0 aliphatic heterocycles. The van der Waals surface area contributed by atoms with Gasteiger partial charge in [0.25, 0.3) is 0 Å². The maximum Gasteiger partial charge on any atom is 0.355 e. The van der Waals surface area contributed by atoms with E-state index in [1.807, 2.05) is 13.1 Å². The lowest BCUT2D eigenvalue weighted by Crippen LogP contribution is -2.22. The molecule has 3 aliphatic carbocycles. The van der Waals surface area contributed by atoms with Crippen LogP contribution >= 0.6 is 31.9 Å². The fourth-order valence-electron chi connectivity index (χ4n) is 2.97. The molecule has 0 saturated carbocycles. The van der Waals surface area contributed by atoms with Gasteiger partial charge in [0, 0.05) is 27.0 Å². The van der Waals surface area contributed by atoms with Crippen LogP contribution < -0.4 is 0 Å². The molecule has 3 nitrogen and oxygen atoms in total. The molecule has 1 aromatic heterocycles. The average Bonchev–Trinajstić information content (AvgIpc) is 2.80. The predicted molar refractivity (Wildman–Crippen MR) is 76.3 cm³/mol. The van der Waals surface area contributed by atoms with Crippen molar-refractivity contribution in [3.05, 3.63) is 32.0 Å². The highest BCUT2D eigenvalue weighted by atomic mass is 79.9. The molecule has 4 rings (SSSR count). The van der Waals surface area contributed by atoms with Gasteiger partial charge in [-0.2, -0.15) is 0 Å². The van der Waals surface area contributed by atoms with Crippen molar-refractivity contribution in [3.63, 3.8) is 0 Å². The second-order valence-electron chi connectivity index (χ2n) is 4.63. The van der Waals surface area contributed by atoms with Crippen LogP contribution in [0.25, 0.3) is 0 Å². The van der Waals surface area contributed by atoms with E-state index in [0.29, 0.717) is 18.2 Å². The summed E-state index contributed by atoms with van der Waals surface area (Å²) in [6.07, 6.45) is 4.17. The Kier molecular flexibility index (Phi) is 3.14. The molecule has 0 aromatic carbocycles. The molecule has 1 aromatic rings. The lowest BCUT2D eigenvalue weighted by molar-refractivity contribution is 0.0518. The van der Waals surface area contributed by atoms with Crippen molar-refractivity contribution in [2.45, 2.75) is 31.6 Å². The Hall–Kier alpha value is -0.550. The standard InChI is InChI=1S/C13H13Br2NO2/c1-2-18-13(17)12-9-7-4-3-6(8(9)5-16-12)10(14)11(7)15/h5-7,16H,2-4H2,1H3. The van der Waals surface area contributed by atoms with Crippen LogP contribution in [0.5, 0.6) is 0 Å². The van der Waals surface area contributed by atoms with Crippen LogP contribution in [0.15, 0.2) is 15.2 Å². The summed E-state index contributed by atoms with van der Waals surface area (Å²) in [5, 5.41) is 0. The Morgan fingerprint density at radius 1 is 1.39 bits per heavy atom. The number of fused-ring (bicyclic) bond motifs is 1. The van der Waals surface area contributed by atoms with E-state index >= 15 is 0 Å². The molecular formula is C13H13Br2NO2. The molecule has 2 unspecified atom stereocenters. The zero-order valence-electron chi connectivity index (χ0n) is 9.93. The molecule has 1 N–H and O–H groups in total. The fourth-order valence-corrected chi connectivity index (χ4v) is 4.45. The lowest BCUT2D eigenvalue weighted by atomic mass is 9.72. The maximum atomic E-state index is 11.9. The molecule has 5 heteroatoms. The predicted octanol–water partition coefficient (Wildman–Crippen LogP) is 4.17. The van der Waals surface area contributed by atoms with E-state index in [1.54, 1.807) is 0 Å². The molecule has 3 aliphatic rings. The topological polar surface area (TPSA) is 42.1 Å². The van der Waals surface area contributed by atoms with Crippen molar-refractivity contribution < 1.29 is 9.53 Å². The molecule has 96 valence electrons. The van der Waals surface area contributed by atoms with Crippen LogP contribution in [0.2, 0.25) is 0 Å². The van der Waals surface area contributed by atoms with Crippen LogP contribution in [-0.4, -0.2) is 17.6 Å². The minimum Gasteiger partial charge on any atom is -0.461 e. The smallest absolute Gasteiger partial charge is 0.355 e. The molecule has 0 radical (unpaired) electrons. The van der Waals surface area contributed by atoms with Crippen molar-refractivity contribution >= 4 is 37.8 Å². The fraction of sp³-hybridized carbons (Fsp3) is 0.462. The van der Waals surface area contributed by atoms with Gasteiger partial charge in [0.2, 0.25) is 0 Å². The van der Waals surface area contributed by atoms with Gasteiger partial charge in [-0.25, -0.2) is 4.79 Å². The summed E-state index contributed by atoms with van der Waals surface area (Å²) in [6, 6.07) is 0. The third kappa shape index (κ3) is 1.63. The van der Waals surface area contributed by atoms with Gasteiger partial charge in [-0.15, -0.1) is 0 Å². The van der Waals surface area contributed by atoms with E-state index in [1.165, 1.54) is 14.5 Å². The van der Waals surface area contributed by atoms with Crippen LogP contribution in [0.4, 0.5) is 0 Å². The SMILES string of the molecule is CCOC(=O)c1[nH]cc2c1C1CCC2C(Br)=C1Br. The van der Waals surface area contributed by atoms with Gasteiger partial charge in [0.1, 0.15) is 5.69 Å². The Morgan fingerprint density at radius 3 is 2.78 bits per heavy atom. The molecule has 0 fully saturated rings. The summed E-state index contributed by atoms with van der Waals surface area (Å²) in [7, 11) is 0. The number of nitrogens with one attached hydrogen (secondary N) is 1. The first-order valence-electron chi connectivity index (χ1n) is 6.08. The van der Waals surface area contributed by atoms with E-state index in [9.17, 15) is 4.79 Å². The second-order valence-corrected chi connectivity index (χ2v) is 6.34. The number of hydrogen-bond donors (Lipinski definition) is 1. The summed E-state index contributed by atoms with van der Waals surface area (Å²) in [5.41, 5.74) is 2.99. The summed E-state index contributed by atoms with van der Waals surface area (Å²) in [5.74, 6) is 0.409. The third-order valence-corrected chi connectivity index (χ3v) is 6.23. The molecule has 18 heavy (non-hydrogen) atoms. The van der Waals surface area contributed by atoms with Crippen molar-refractivity contribution in [3.8, 4) is 0 Å². The minimum absolute atomic E-state index is 0.247. The van der Waals surface area contributed by atoms with E-state index < -0.39 is 0 Å². The van der Waals surface area contributed by atoms with Gasteiger partial charge in [-0.05, 0) is 30.9 Å². The summed E-state index contributed by atoms with van der Waals surface area (Å²) in [6.45, 7) is 2.23. The van der Waals surface area contributed by atoms with Gasteiger partial charge in [-0.3, -0.25) is 0 Å². The third-order valence-electron chi connectivity index (χ3n) is 3.74. The van der Waals surface area contributed by atoms with Gasteiger partial charge >= 0.3 is 5.97 Å². The van der Waals surface area contributed by atoms with Crippen molar-refractivity contribution in [1.82, 2.24) is 4.98 Å². The van der Waals surface area contributed by atoms with Gasteiger partial charge in [0.15, 0.2) is 0 Å². The maximum absolute atomic E-state index is 11.9. The number of aromatic nitrogens is 1. The molecule has 0 spiro atoms. The molecule has 0 amide bonds. The van der Waals surface area contributed by atoms with Crippen molar-refractivity contribution in [1.29, 1.82) is 0 Å². The zero-order valence-corrected chi connectivity index (χ0v) is 13.1. The molecular weight excluding hydrogens is 362 g/mol. The van der Waals surface area contributed by atoms with Crippen molar-refractivity contribution in [2.75, 3.05) is 6.61 Å². The van der Waals surface area contributed by atoms with Crippen LogP contribution in [0.1, 0.15) is 53.2 Å². The first-order chi connectivity index (χ1) is 8.65. The van der Waals surface area contributed by atoms with Gasteiger partial charge in [0.05, 0.1) is 6.61 Å². The number of aromatic amines is 1. The number of ether oxygens (including phenoxy) is 1. The number of hydrogen-bond acceptors (Lipinski definition) is 2. The van der Waals surface area contributed by atoms with E-state index in [-0.39, 0.29) is 11.9 Å². The number of carbonyl (C=O) groups is 1. The quantitative estimate of drug-likeness (QED) is 0.789. The van der Waals surface area contributed by atoms with E-state index in [0.717, 1.165) is 18.4 Å². The van der Waals surface area contributed by atoms with Gasteiger partial charge < -0.3 is 9.72 Å². The Bertz CT molecular complexity index is 547. The Labute approximate surface area is 122 Å². The zero-order chi connectivity index (χ0) is 12.9. The number of allylic oxidation sites excluding steroid dienone is 2. The molecule has 0 saturated heterocycles. The molecule has 2 bridgehead atoms. The first kappa shape index (κ1) is 12.5. The highest BCUT2D eigenvalue weighted by Gasteiger charge is 2.41. The Balaban J connectivity index is 2.08. The van der Waals surface area contributed by atoms with Crippen LogP contribution in [-0.2, 0) is 4.74 Å². The minimum atomic E-state index is -0.247.